The van der Waals surface area contributed by atoms with E-state index in [1.807, 2.05) is 47.9 Å². The summed E-state index contributed by atoms with van der Waals surface area (Å²) in [5.41, 5.74) is 3.67. The lowest BCUT2D eigenvalue weighted by molar-refractivity contribution is 0.425. The molecule has 3 heterocycles. The first-order valence-corrected chi connectivity index (χ1v) is 10.8. The van der Waals surface area contributed by atoms with Gasteiger partial charge in [0.1, 0.15) is 5.82 Å². The third kappa shape index (κ3) is 4.02. The molecule has 0 spiro atoms. The Hall–Kier alpha value is -3.85. The summed E-state index contributed by atoms with van der Waals surface area (Å²) in [6, 6.07) is 17.8. The minimum atomic E-state index is -0.315. The number of pyridine rings is 1. The van der Waals surface area contributed by atoms with E-state index in [-0.39, 0.29) is 5.82 Å². The summed E-state index contributed by atoms with van der Waals surface area (Å²) in [5.74, 6) is 1.71. The van der Waals surface area contributed by atoms with Gasteiger partial charge >= 0.3 is 0 Å². The predicted octanol–water partition coefficient (Wildman–Crippen LogP) is 5.12. The van der Waals surface area contributed by atoms with Crippen LogP contribution in [0.5, 0.6) is 0 Å². The van der Waals surface area contributed by atoms with Crippen LogP contribution in [0.2, 0.25) is 0 Å². The van der Waals surface area contributed by atoms with E-state index < -0.39 is 0 Å². The summed E-state index contributed by atoms with van der Waals surface area (Å²) in [7, 11) is 0. The second-order valence-electron chi connectivity index (χ2n) is 6.98. The maximum atomic E-state index is 13.2. The minimum absolute atomic E-state index is 0.315. The predicted molar refractivity (Wildman–Crippen MR) is 119 cm³/mol. The van der Waals surface area contributed by atoms with Crippen molar-refractivity contribution in [2.45, 2.75) is 17.8 Å². The van der Waals surface area contributed by atoms with E-state index in [1.165, 1.54) is 23.9 Å². The monoisotopic (exact) mass is 444 g/mol. The molecule has 32 heavy (non-hydrogen) atoms. The number of nitrogens with zero attached hydrogens (tertiary/aromatic N) is 6. The number of rotatable bonds is 6. The van der Waals surface area contributed by atoms with Gasteiger partial charge < -0.3 is 4.52 Å². The fourth-order valence-electron chi connectivity index (χ4n) is 3.23. The van der Waals surface area contributed by atoms with Gasteiger partial charge in [0.15, 0.2) is 16.8 Å². The highest BCUT2D eigenvalue weighted by Gasteiger charge is 2.18. The van der Waals surface area contributed by atoms with Crippen molar-refractivity contribution in [2.75, 3.05) is 0 Å². The second kappa shape index (κ2) is 8.72. The van der Waals surface area contributed by atoms with Gasteiger partial charge in [-0.1, -0.05) is 35.1 Å². The Morgan fingerprint density at radius 2 is 1.72 bits per heavy atom. The number of hydrogen-bond donors (Lipinski definition) is 0. The van der Waals surface area contributed by atoms with Crippen molar-refractivity contribution in [3.8, 4) is 28.5 Å². The molecule has 0 fully saturated rings. The highest BCUT2D eigenvalue weighted by Crippen LogP contribution is 2.30. The molecule has 0 unspecified atom stereocenters. The van der Waals surface area contributed by atoms with Gasteiger partial charge in [-0.3, -0.25) is 9.55 Å². The van der Waals surface area contributed by atoms with Gasteiger partial charge in [0.05, 0.1) is 11.4 Å². The number of halogens is 1. The largest absolute Gasteiger partial charge is 0.334 e. The Bertz CT molecular complexity index is 1350. The molecule has 9 heteroatoms. The van der Waals surface area contributed by atoms with E-state index in [2.05, 4.69) is 25.3 Å². The number of hydrogen-bond acceptors (Lipinski definition) is 7. The molecule has 3 aromatic heterocycles. The topological polar surface area (TPSA) is 82.5 Å². The van der Waals surface area contributed by atoms with Crippen LogP contribution in [0.3, 0.4) is 0 Å². The third-order valence-electron chi connectivity index (χ3n) is 4.82. The van der Waals surface area contributed by atoms with Crippen LogP contribution in [0.25, 0.3) is 28.5 Å². The fraction of sp³-hybridized carbons (Fsp3) is 0.0870. The molecule has 0 aliphatic carbocycles. The summed E-state index contributed by atoms with van der Waals surface area (Å²) in [6.45, 7) is 2.05. The molecular weight excluding hydrogens is 427 g/mol. The lowest BCUT2D eigenvalue weighted by Crippen LogP contribution is -2.02. The van der Waals surface area contributed by atoms with Crippen molar-refractivity contribution in [3.05, 3.63) is 90.3 Å². The van der Waals surface area contributed by atoms with Crippen molar-refractivity contribution in [3.63, 3.8) is 0 Å². The Balaban J connectivity index is 1.45. The van der Waals surface area contributed by atoms with E-state index in [0.717, 1.165) is 22.6 Å². The summed E-state index contributed by atoms with van der Waals surface area (Å²) in [5, 5.41) is 13.6. The number of benzene rings is 2. The molecule has 0 amide bonds. The lowest BCUT2D eigenvalue weighted by Gasteiger charge is -2.12. The van der Waals surface area contributed by atoms with Crippen LogP contribution < -0.4 is 0 Å². The molecule has 0 aliphatic heterocycles. The summed E-state index contributed by atoms with van der Waals surface area (Å²) < 4.78 is 20.5. The maximum absolute atomic E-state index is 13.2. The molecular formula is C23H17FN6OS. The first kappa shape index (κ1) is 20.1. The molecule has 158 valence electrons. The van der Waals surface area contributed by atoms with Crippen molar-refractivity contribution in [1.82, 2.24) is 29.9 Å². The quantitative estimate of drug-likeness (QED) is 0.336. The van der Waals surface area contributed by atoms with Crippen LogP contribution in [-0.4, -0.2) is 29.9 Å². The zero-order valence-corrected chi connectivity index (χ0v) is 17.8. The summed E-state index contributed by atoms with van der Waals surface area (Å²) >= 11 is 1.46. The van der Waals surface area contributed by atoms with Gasteiger partial charge in [0.2, 0.25) is 0 Å². The Kier molecular flexibility index (Phi) is 5.47. The van der Waals surface area contributed by atoms with Gasteiger partial charge in [0, 0.05) is 23.5 Å². The van der Waals surface area contributed by atoms with E-state index in [4.69, 9.17) is 4.52 Å². The van der Waals surface area contributed by atoms with E-state index in [1.54, 1.807) is 24.5 Å². The highest BCUT2D eigenvalue weighted by molar-refractivity contribution is 7.98. The standard InChI is InChI=1S/C23H17FN6OS/c1-15-4-2-3-5-19(15)30-21(16-10-12-25-13-11-16)27-28-23(30)32-14-20-26-22(31-29-20)17-6-8-18(24)9-7-17/h2-13H,14H2,1H3. The normalized spacial score (nSPS) is 11.1. The van der Waals surface area contributed by atoms with Gasteiger partial charge in [-0.2, -0.15) is 4.98 Å². The number of para-hydroxylation sites is 1. The van der Waals surface area contributed by atoms with Crippen LogP contribution in [0, 0.1) is 12.7 Å². The molecule has 5 aromatic rings. The summed E-state index contributed by atoms with van der Waals surface area (Å²) in [4.78, 5) is 8.52. The van der Waals surface area contributed by atoms with Gasteiger partial charge in [0.25, 0.3) is 5.89 Å². The minimum Gasteiger partial charge on any atom is -0.334 e. The van der Waals surface area contributed by atoms with Crippen LogP contribution in [-0.2, 0) is 5.75 Å². The Morgan fingerprint density at radius 3 is 2.50 bits per heavy atom. The number of aromatic nitrogens is 6. The van der Waals surface area contributed by atoms with Crippen LogP contribution in [0.15, 0.2) is 82.7 Å². The lowest BCUT2D eigenvalue weighted by atomic mass is 10.2. The van der Waals surface area contributed by atoms with Crippen LogP contribution >= 0.6 is 11.8 Å². The smallest absolute Gasteiger partial charge is 0.257 e. The molecule has 7 nitrogen and oxygen atoms in total. The van der Waals surface area contributed by atoms with Gasteiger partial charge in [-0.25, -0.2) is 4.39 Å². The molecule has 0 aliphatic rings. The first-order valence-electron chi connectivity index (χ1n) is 9.82. The van der Waals surface area contributed by atoms with Gasteiger partial charge in [-0.15, -0.1) is 10.2 Å². The average Bonchev–Trinajstić information content (AvgIpc) is 3.46. The van der Waals surface area contributed by atoms with Crippen molar-refractivity contribution >= 4 is 11.8 Å². The van der Waals surface area contributed by atoms with E-state index >= 15 is 0 Å². The SMILES string of the molecule is Cc1ccccc1-n1c(SCc2noc(-c3ccc(F)cc3)n2)nnc1-c1ccncc1. The average molecular weight is 444 g/mol. The molecule has 0 bridgehead atoms. The van der Waals surface area contributed by atoms with E-state index in [0.29, 0.717) is 28.2 Å². The number of aryl methyl sites for hydroxylation is 1. The summed E-state index contributed by atoms with van der Waals surface area (Å²) in [6.07, 6.45) is 3.46. The molecule has 0 radical (unpaired) electrons. The van der Waals surface area contributed by atoms with Crippen molar-refractivity contribution in [2.24, 2.45) is 0 Å². The second-order valence-corrected chi connectivity index (χ2v) is 7.92. The highest BCUT2D eigenvalue weighted by atomic mass is 32.2. The van der Waals surface area contributed by atoms with E-state index in [9.17, 15) is 4.39 Å². The van der Waals surface area contributed by atoms with Crippen molar-refractivity contribution in [1.29, 1.82) is 0 Å². The number of thioether (sulfide) groups is 1. The molecule has 0 N–H and O–H groups in total. The molecule has 0 atom stereocenters. The zero-order valence-electron chi connectivity index (χ0n) is 17.0. The Labute approximate surface area is 187 Å². The molecule has 5 rings (SSSR count). The van der Waals surface area contributed by atoms with Crippen molar-refractivity contribution < 1.29 is 8.91 Å². The molecule has 0 saturated carbocycles. The third-order valence-corrected chi connectivity index (χ3v) is 5.74. The van der Waals surface area contributed by atoms with Gasteiger partial charge in [-0.05, 0) is 55.0 Å². The molecule has 2 aromatic carbocycles. The first-order chi connectivity index (χ1) is 15.7. The van der Waals surface area contributed by atoms with Crippen LogP contribution in [0.4, 0.5) is 4.39 Å². The van der Waals surface area contributed by atoms with Crippen LogP contribution in [0.1, 0.15) is 11.4 Å². The fourth-order valence-corrected chi connectivity index (χ4v) is 4.02. The maximum Gasteiger partial charge on any atom is 0.257 e. The zero-order chi connectivity index (χ0) is 21.9. The molecule has 0 saturated heterocycles. The Morgan fingerprint density at radius 1 is 0.938 bits per heavy atom.